The molecular weight excluding hydrogens is 265 g/mol. The van der Waals surface area contributed by atoms with E-state index >= 15 is 0 Å². The zero-order valence-corrected chi connectivity index (χ0v) is 10.1. The number of nitrogens with zero attached hydrogens (tertiary/aromatic N) is 5. The molecule has 3 aliphatic rings. The minimum atomic E-state index is -0.742. The van der Waals surface area contributed by atoms with Crippen LogP contribution in [-0.2, 0) is 20.2 Å². The first kappa shape index (κ1) is 9.41. The van der Waals surface area contributed by atoms with Gasteiger partial charge in [-0.15, -0.1) is 0 Å². The summed E-state index contributed by atoms with van der Waals surface area (Å²) in [5, 5.41) is 0. The number of halogens is 2. The fourth-order valence-corrected chi connectivity index (χ4v) is 4.11. The van der Waals surface area contributed by atoms with Crippen molar-refractivity contribution in [1.82, 2.24) is 4.90 Å². The van der Waals surface area contributed by atoms with Crippen LogP contribution in [-0.4, -0.2) is 35.7 Å². The first-order valence-corrected chi connectivity index (χ1v) is 7.72. The summed E-state index contributed by atoms with van der Waals surface area (Å²) in [4.78, 5) is 1.99. The number of fused-ring (bicyclic) bond motifs is 3. The van der Waals surface area contributed by atoms with Crippen LogP contribution in [0.3, 0.4) is 0 Å². The van der Waals surface area contributed by atoms with Crippen LogP contribution >= 0.6 is 21.4 Å². The molecule has 1 saturated heterocycles. The number of likely N-dealkylation sites (tertiary alicyclic amines) is 1. The lowest BCUT2D eigenvalue weighted by atomic mass is 10.2. The Morgan fingerprint density at radius 1 is 1.07 bits per heavy atom. The molecule has 76 valence electrons. The summed E-state index contributed by atoms with van der Waals surface area (Å²) in [6, 6.07) is 0. The Bertz CT molecular complexity index is 401. The van der Waals surface area contributed by atoms with Crippen molar-refractivity contribution in [3.63, 3.8) is 0 Å². The average Bonchev–Trinajstić information content (AvgIpc) is 2.71. The van der Waals surface area contributed by atoms with E-state index < -0.39 is 20.2 Å². The standard InChI is InChI=1S/C5H5Cl2N5S2/c1-12-4-2(8-13(6)10-4)3-5(12)11-14(7)9-3/h4-5H,1H3. The molecule has 0 aromatic carbocycles. The molecular formula is C5H5Cl2N5S2. The number of hydrogen-bond acceptors (Lipinski definition) is 5. The Kier molecular flexibility index (Phi) is 2.07. The lowest BCUT2D eigenvalue weighted by Gasteiger charge is -2.15. The third-order valence-corrected chi connectivity index (χ3v) is 4.58. The molecule has 3 rings (SSSR count). The molecule has 0 amide bonds. The van der Waals surface area contributed by atoms with Crippen LogP contribution < -0.4 is 0 Å². The van der Waals surface area contributed by atoms with Crippen LogP contribution in [0, 0.1) is 0 Å². The number of rotatable bonds is 0. The zero-order chi connectivity index (χ0) is 9.87. The van der Waals surface area contributed by atoms with Gasteiger partial charge in [0.05, 0.1) is 0 Å². The molecule has 0 aliphatic carbocycles. The maximum Gasteiger partial charge on any atom is 0.159 e. The second-order valence-corrected chi connectivity index (χ2v) is 6.34. The molecule has 0 bridgehead atoms. The van der Waals surface area contributed by atoms with Gasteiger partial charge in [-0.05, 0) is 28.4 Å². The largest absolute Gasteiger partial charge is 0.251 e. The van der Waals surface area contributed by atoms with Gasteiger partial charge in [0.2, 0.25) is 0 Å². The molecule has 0 aromatic rings. The maximum atomic E-state index is 5.84. The van der Waals surface area contributed by atoms with Crippen molar-refractivity contribution in [3.8, 4) is 0 Å². The van der Waals surface area contributed by atoms with Crippen molar-refractivity contribution in [3.05, 3.63) is 0 Å². The predicted molar refractivity (Wildman–Crippen MR) is 61.5 cm³/mol. The van der Waals surface area contributed by atoms with Crippen molar-refractivity contribution in [2.45, 2.75) is 12.3 Å². The topological polar surface area (TPSA) is 52.7 Å². The number of hydrogen-bond donors (Lipinski definition) is 0. The Balaban J connectivity index is 2.09. The van der Waals surface area contributed by atoms with E-state index in [0.29, 0.717) is 0 Å². The second-order valence-electron chi connectivity index (χ2n) is 3.02. The van der Waals surface area contributed by atoms with Gasteiger partial charge in [-0.2, -0.15) is 8.80 Å². The maximum absolute atomic E-state index is 5.84. The third kappa shape index (κ3) is 1.16. The van der Waals surface area contributed by atoms with Gasteiger partial charge in [0.15, 0.2) is 12.3 Å². The summed E-state index contributed by atoms with van der Waals surface area (Å²) in [5.74, 6) is 0. The van der Waals surface area contributed by atoms with Gasteiger partial charge in [-0.1, -0.05) is 0 Å². The minimum absolute atomic E-state index is 0.0719. The normalized spacial score (nSPS) is 45.1. The summed E-state index contributed by atoms with van der Waals surface area (Å²) in [5.41, 5.74) is 1.69. The van der Waals surface area contributed by atoms with E-state index in [-0.39, 0.29) is 12.3 Å². The minimum Gasteiger partial charge on any atom is -0.251 e. The second kappa shape index (κ2) is 3.08. The first-order chi connectivity index (χ1) is 6.66. The summed E-state index contributed by atoms with van der Waals surface area (Å²) in [7, 11) is 12.1. The van der Waals surface area contributed by atoms with Crippen LogP contribution in [0.5, 0.6) is 0 Å². The van der Waals surface area contributed by atoms with Gasteiger partial charge < -0.3 is 0 Å². The van der Waals surface area contributed by atoms with E-state index in [4.69, 9.17) is 21.4 Å². The first-order valence-electron chi connectivity index (χ1n) is 3.79. The van der Waals surface area contributed by atoms with Crippen LogP contribution in [0.2, 0.25) is 0 Å². The Hall–Kier alpha value is 0.180. The molecule has 3 heterocycles. The summed E-state index contributed by atoms with van der Waals surface area (Å²) in [6.07, 6.45) is -0.144. The van der Waals surface area contributed by atoms with Crippen molar-refractivity contribution in [2.75, 3.05) is 7.05 Å². The summed E-state index contributed by atoms with van der Waals surface area (Å²) < 4.78 is 17.0. The van der Waals surface area contributed by atoms with Crippen molar-refractivity contribution >= 4 is 53.0 Å². The van der Waals surface area contributed by atoms with Gasteiger partial charge in [0.25, 0.3) is 0 Å². The van der Waals surface area contributed by atoms with Gasteiger partial charge >= 0.3 is 0 Å². The molecule has 5 nitrogen and oxygen atoms in total. The highest BCUT2D eigenvalue weighted by atomic mass is 35.7. The highest BCUT2D eigenvalue weighted by Crippen LogP contribution is 2.31. The van der Waals surface area contributed by atoms with Gasteiger partial charge in [-0.25, -0.2) is 8.73 Å². The van der Waals surface area contributed by atoms with Gasteiger partial charge in [-0.3, -0.25) is 4.90 Å². The summed E-state index contributed by atoms with van der Waals surface area (Å²) >= 11 is 0. The third-order valence-electron chi connectivity index (χ3n) is 2.24. The molecule has 0 aromatic heterocycles. The quantitative estimate of drug-likeness (QED) is 0.653. The van der Waals surface area contributed by atoms with Crippen molar-refractivity contribution < 1.29 is 0 Å². The van der Waals surface area contributed by atoms with Crippen molar-refractivity contribution in [2.24, 2.45) is 17.5 Å². The lowest BCUT2D eigenvalue weighted by Crippen LogP contribution is -2.31. The fraction of sp³-hybridized carbons (Fsp3) is 0.600. The molecule has 0 saturated carbocycles. The highest BCUT2D eigenvalue weighted by Gasteiger charge is 2.47. The van der Waals surface area contributed by atoms with Crippen LogP contribution in [0.15, 0.2) is 17.5 Å². The van der Waals surface area contributed by atoms with Crippen LogP contribution in [0.25, 0.3) is 0 Å². The Morgan fingerprint density at radius 2 is 1.50 bits per heavy atom. The van der Waals surface area contributed by atoms with E-state index in [2.05, 4.69) is 17.5 Å². The lowest BCUT2D eigenvalue weighted by molar-refractivity contribution is 0.301. The van der Waals surface area contributed by atoms with E-state index in [1.54, 1.807) is 0 Å². The van der Waals surface area contributed by atoms with E-state index in [0.717, 1.165) is 11.4 Å². The molecule has 4 unspecified atom stereocenters. The molecule has 0 spiro atoms. The molecule has 14 heavy (non-hydrogen) atoms. The smallest absolute Gasteiger partial charge is 0.159 e. The Labute approximate surface area is 94.7 Å². The molecule has 1 fully saturated rings. The van der Waals surface area contributed by atoms with Gasteiger partial charge in [0, 0.05) is 0 Å². The molecule has 4 atom stereocenters. The highest BCUT2D eigenvalue weighted by molar-refractivity contribution is 8.10. The van der Waals surface area contributed by atoms with Gasteiger partial charge in [0.1, 0.15) is 31.6 Å². The summed E-state index contributed by atoms with van der Waals surface area (Å²) in [6.45, 7) is 0. The fourth-order valence-electron chi connectivity index (χ4n) is 1.59. The predicted octanol–water partition coefficient (Wildman–Crippen LogP) is 1.23. The Morgan fingerprint density at radius 3 is 1.93 bits per heavy atom. The zero-order valence-electron chi connectivity index (χ0n) is 6.96. The van der Waals surface area contributed by atoms with E-state index in [1.165, 1.54) is 0 Å². The van der Waals surface area contributed by atoms with E-state index in [1.807, 2.05) is 11.9 Å². The van der Waals surface area contributed by atoms with Crippen LogP contribution in [0.1, 0.15) is 0 Å². The van der Waals surface area contributed by atoms with Crippen molar-refractivity contribution in [1.29, 1.82) is 0 Å². The average molecular weight is 270 g/mol. The molecule has 0 N–H and O–H groups in total. The molecule has 9 heteroatoms. The SMILES string of the molecule is CN1C2N=S(Cl)N=C2C2=NS(Cl)=NC21. The molecule has 0 radical (unpaired) electrons. The van der Waals surface area contributed by atoms with E-state index in [9.17, 15) is 0 Å². The molecule has 3 aliphatic heterocycles. The van der Waals surface area contributed by atoms with Crippen LogP contribution in [0.4, 0.5) is 0 Å². The monoisotopic (exact) mass is 269 g/mol.